The smallest absolute Gasteiger partial charge is 0.335 e. The highest BCUT2D eigenvalue weighted by molar-refractivity contribution is 5.97. The lowest BCUT2D eigenvalue weighted by Crippen LogP contribution is -2.03. The molecule has 8 nitrogen and oxygen atoms in total. The van der Waals surface area contributed by atoms with Crippen LogP contribution in [0.1, 0.15) is 41.4 Å². The van der Waals surface area contributed by atoms with Crippen LogP contribution < -0.4 is 0 Å². The van der Waals surface area contributed by atoms with Gasteiger partial charge in [-0.3, -0.25) is 0 Å². The molecule has 8 heteroatoms. The van der Waals surface area contributed by atoms with E-state index in [1.807, 2.05) is 66.7 Å². The maximum Gasteiger partial charge on any atom is 0.335 e. The van der Waals surface area contributed by atoms with Crippen LogP contribution in [0.25, 0.3) is 55.6 Å². The van der Waals surface area contributed by atoms with Gasteiger partial charge in [0.25, 0.3) is 0 Å². The van der Waals surface area contributed by atoms with Gasteiger partial charge in [-0.25, -0.2) is 19.2 Å². The van der Waals surface area contributed by atoms with Gasteiger partial charge >= 0.3 is 23.9 Å². The monoisotopic (exact) mass is 634 g/mol. The number of benzene rings is 6. The van der Waals surface area contributed by atoms with E-state index in [1.54, 1.807) is 48.5 Å². The zero-order valence-electron chi connectivity index (χ0n) is 25.1. The fourth-order valence-corrected chi connectivity index (χ4v) is 5.49. The summed E-state index contributed by atoms with van der Waals surface area (Å²) in [6.45, 7) is 0. The second-order valence-corrected chi connectivity index (χ2v) is 11.1. The summed E-state index contributed by atoms with van der Waals surface area (Å²) in [4.78, 5) is 46.3. The molecule has 0 bridgehead atoms. The van der Waals surface area contributed by atoms with Gasteiger partial charge in [-0.15, -0.1) is 0 Å². The summed E-state index contributed by atoms with van der Waals surface area (Å²) >= 11 is 0. The molecule has 0 aliphatic rings. The minimum absolute atomic E-state index is 0.145. The minimum Gasteiger partial charge on any atom is -0.478 e. The molecular weight excluding hydrogens is 608 g/mol. The summed E-state index contributed by atoms with van der Waals surface area (Å²) < 4.78 is 0. The van der Waals surface area contributed by atoms with Gasteiger partial charge in [0.1, 0.15) is 0 Å². The Labute approximate surface area is 274 Å². The highest BCUT2D eigenvalue weighted by atomic mass is 16.4. The van der Waals surface area contributed by atoms with E-state index in [1.165, 1.54) is 12.1 Å². The molecule has 0 aromatic heterocycles. The SMILES string of the molecule is O=C(O)c1ccc(-c2ccc(-c3cc(-c4ccc(-c5ccc(C(=O)O)cc5)cc4)cc(-c4cc(C(=O)O)cc(C(=O)O)c4)c3)cc2)cc1. The summed E-state index contributed by atoms with van der Waals surface area (Å²) in [5.41, 5.74) is 7.96. The first-order valence-electron chi connectivity index (χ1n) is 14.7. The molecule has 0 spiro atoms. The number of hydrogen-bond acceptors (Lipinski definition) is 4. The Hall–Kier alpha value is -6.80. The van der Waals surface area contributed by atoms with Crippen molar-refractivity contribution in [3.8, 4) is 55.6 Å². The molecule has 0 atom stereocenters. The quantitative estimate of drug-likeness (QED) is 0.123. The Morgan fingerprint density at radius 1 is 0.250 bits per heavy atom. The summed E-state index contributed by atoms with van der Waals surface area (Å²) in [5.74, 6) is -4.48. The summed E-state index contributed by atoms with van der Waals surface area (Å²) in [5, 5.41) is 37.8. The average molecular weight is 635 g/mol. The predicted molar refractivity (Wildman–Crippen MR) is 181 cm³/mol. The van der Waals surface area contributed by atoms with Crippen LogP contribution in [0.4, 0.5) is 0 Å². The van der Waals surface area contributed by atoms with Gasteiger partial charge in [-0.05, 0) is 116 Å². The Morgan fingerprint density at radius 2 is 0.458 bits per heavy atom. The third-order valence-electron chi connectivity index (χ3n) is 8.06. The molecule has 234 valence electrons. The van der Waals surface area contributed by atoms with Crippen molar-refractivity contribution in [2.75, 3.05) is 0 Å². The number of rotatable bonds is 9. The molecule has 6 rings (SSSR count). The van der Waals surface area contributed by atoms with E-state index < -0.39 is 23.9 Å². The number of carboxylic acid groups (broad SMARTS) is 4. The fourth-order valence-electron chi connectivity index (χ4n) is 5.49. The summed E-state index contributed by atoms with van der Waals surface area (Å²) in [6, 6.07) is 38.4. The fraction of sp³-hybridized carbons (Fsp3) is 0. The molecule has 6 aromatic carbocycles. The van der Waals surface area contributed by atoms with E-state index in [9.17, 15) is 39.6 Å². The van der Waals surface area contributed by atoms with Crippen molar-refractivity contribution in [3.63, 3.8) is 0 Å². The molecule has 6 aromatic rings. The molecule has 0 unspecified atom stereocenters. The molecule has 0 saturated carbocycles. The van der Waals surface area contributed by atoms with Gasteiger partial charge in [-0.1, -0.05) is 72.8 Å². The van der Waals surface area contributed by atoms with Crippen LogP contribution in [0.5, 0.6) is 0 Å². The van der Waals surface area contributed by atoms with Gasteiger partial charge in [0.05, 0.1) is 22.3 Å². The maximum atomic E-state index is 11.9. The van der Waals surface area contributed by atoms with Crippen molar-refractivity contribution >= 4 is 23.9 Å². The first-order chi connectivity index (χ1) is 23.0. The van der Waals surface area contributed by atoms with Crippen LogP contribution in [0.2, 0.25) is 0 Å². The van der Waals surface area contributed by atoms with Crippen LogP contribution in [-0.4, -0.2) is 44.3 Å². The van der Waals surface area contributed by atoms with Crippen molar-refractivity contribution in [1.82, 2.24) is 0 Å². The first kappa shape index (κ1) is 31.2. The third-order valence-corrected chi connectivity index (χ3v) is 8.06. The van der Waals surface area contributed by atoms with E-state index in [2.05, 4.69) is 0 Å². The number of aromatic carboxylic acids is 4. The van der Waals surface area contributed by atoms with Gasteiger partial charge in [0.15, 0.2) is 0 Å². The van der Waals surface area contributed by atoms with E-state index in [0.717, 1.165) is 50.6 Å². The second kappa shape index (κ2) is 12.9. The molecule has 48 heavy (non-hydrogen) atoms. The van der Waals surface area contributed by atoms with Crippen LogP contribution >= 0.6 is 0 Å². The van der Waals surface area contributed by atoms with Gasteiger partial charge < -0.3 is 20.4 Å². The summed E-state index contributed by atoms with van der Waals surface area (Å²) in [6.07, 6.45) is 0. The van der Waals surface area contributed by atoms with Gasteiger partial charge in [-0.2, -0.15) is 0 Å². The molecule has 0 amide bonds. The maximum absolute atomic E-state index is 11.9. The number of hydrogen-bond donors (Lipinski definition) is 4. The number of carboxylic acids is 4. The van der Waals surface area contributed by atoms with Crippen molar-refractivity contribution < 1.29 is 39.6 Å². The largest absolute Gasteiger partial charge is 0.478 e. The lowest BCUT2D eigenvalue weighted by molar-refractivity contribution is 0.0680. The lowest BCUT2D eigenvalue weighted by Gasteiger charge is -2.13. The van der Waals surface area contributed by atoms with Crippen LogP contribution in [0.3, 0.4) is 0 Å². The van der Waals surface area contributed by atoms with Gasteiger partial charge in [0, 0.05) is 0 Å². The highest BCUT2D eigenvalue weighted by Crippen LogP contribution is 2.35. The lowest BCUT2D eigenvalue weighted by atomic mass is 9.91. The average Bonchev–Trinajstić information content (AvgIpc) is 3.11. The van der Waals surface area contributed by atoms with Crippen molar-refractivity contribution in [2.45, 2.75) is 0 Å². The van der Waals surface area contributed by atoms with E-state index in [0.29, 0.717) is 11.1 Å². The van der Waals surface area contributed by atoms with Crippen LogP contribution in [0.15, 0.2) is 133 Å². The summed E-state index contributed by atoms with van der Waals surface area (Å²) in [7, 11) is 0. The van der Waals surface area contributed by atoms with E-state index in [4.69, 9.17) is 0 Å². The molecule has 4 N–H and O–H groups in total. The Balaban J connectivity index is 1.43. The standard InChI is InChI=1S/C40H26O8/c41-37(42)29-13-9-25(10-14-29)23-1-5-27(6-2-23)31-17-32(19-33(18-31)34-20-35(39(45)46)22-36(21-34)40(47)48)28-7-3-24(4-8-28)26-11-15-30(16-12-26)38(43)44/h1-22H,(H,41,42)(H,43,44)(H,45,46)(H,47,48). The van der Waals surface area contributed by atoms with Crippen molar-refractivity contribution in [3.05, 3.63) is 156 Å². The second-order valence-electron chi connectivity index (χ2n) is 11.1. The topological polar surface area (TPSA) is 149 Å². The number of carbonyl (C=O) groups is 4. The predicted octanol–water partition coefficient (Wildman–Crippen LogP) is 8.81. The van der Waals surface area contributed by atoms with E-state index in [-0.39, 0.29) is 22.3 Å². The zero-order valence-corrected chi connectivity index (χ0v) is 25.1. The Bertz CT molecular complexity index is 2050. The highest BCUT2D eigenvalue weighted by Gasteiger charge is 2.15. The Morgan fingerprint density at radius 3 is 0.729 bits per heavy atom. The van der Waals surface area contributed by atoms with E-state index >= 15 is 0 Å². The van der Waals surface area contributed by atoms with Crippen molar-refractivity contribution in [2.24, 2.45) is 0 Å². The van der Waals surface area contributed by atoms with Gasteiger partial charge in [0.2, 0.25) is 0 Å². The molecule has 0 aliphatic carbocycles. The molecular formula is C40H26O8. The molecule has 0 aliphatic heterocycles. The normalized spacial score (nSPS) is 10.8. The first-order valence-corrected chi connectivity index (χ1v) is 14.7. The zero-order chi connectivity index (χ0) is 33.9. The van der Waals surface area contributed by atoms with Crippen LogP contribution in [0, 0.1) is 0 Å². The molecule has 0 fully saturated rings. The van der Waals surface area contributed by atoms with Crippen LogP contribution in [-0.2, 0) is 0 Å². The van der Waals surface area contributed by atoms with Crippen molar-refractivity contribution in [1.29, 1.82) is 0 Å². The molecule has 0 radical (unpaired) electrons. The third kappa shape index (κ3) is 6.59. The minimum atomic E-state index is -1.24. The molecule has 0 heterocycles. The Kier molecular flexibility index (Phi) is 8.38. The molecule has 0 saturated heterocycles.